The van der Waals surface area contributed by atoms with Crippen LogP contribution in [0.4, 0.5) is 0 Å². The number of benzene rings is 1. The molecule has 2 N–H and O–H groups in total. The molecule has 0 fully saturated rings. The molecule has 0 aliphatic rings. The van der Waals surface area contributed by atoms with Crippen LogP contribution in [0.5, 0.6) is 0 Å². The zero-order valence-electron chi connectivity index (χ0n) is 13.3. The van der Waals surface area contributed by atoms with Crippen LogP contribution >= 0.6 is 15.9 Å². The Balaban J connectivity index is 2.99. The Morgan fingerprint density at radius 2 is 1.80 bits per heavy atom. The topological polar surface area (TPSA) is 29.3 Å². The van der Waals surface area contributed by atoms with Gasteiger partial charge < -0.3 is 5.73 Å². The van der Waals surface area contributed by atoms with Crippen LogP contribution in [0.3, 0.4) is 0 Å². The normalized spacial score (nSPS) is 14.8. The lowest BCUT2D eigenvalue weighted by atomic mass is 9.97. The maximum Gasteiger partial charge on any atom is 0.0510 e. The average Bonchev–Trinajstić information content (AvgIpc) is 2.39. The third kappa shape index (κ3) is 4.87. The van der Waals surface area contributed by atoms with Gasteiger partial charge in [-0.25, -0.2) is 0 Å². The van der Waals surface area contributed by atoms with E-state index in [1.807, 2.05) is 0 Å². The van der Waals surface area contributed by atoms with Gasteiger partial charge in [-0.3, -0.25) is 4.90 Å². The monoisotopic (exact) mass is 340 g/mol. The van der Waals surface area contributed by atoms with E-state index in [-0.39, 0.29) is 12.1 Å². The van der Waals surface area contributed by atoms with Gasteiger partial charge in [0.2, 0.25) is 0 Å². The Morgan fingerprint density at radius 1 is 1.15 bits per heavy atom. The first-order valence-corrected chi connectivity index (χ1v) is 8.54. The molecule has 0 bridgehead atoms. The SMILES string of the molecule is CCCCCN(C(C)C)C(c1ccccc1Br)C(C)N. The minimum absolute atomic E-state index is 0.109. The Kier molecular flexibility index (Phi) is 7.78. The zero-order valence-corrected chi connectivity index (χ0v) is 14.9. The third-order valence-electron chi connectivity index (χ3n) is 3.76. The van der Waals surface area contributed by atoms with Crippen LogP contribution in [-0.4, -0.2) is 23.5 Å². The van der Waals surface area contributed by atoms with E-state index in [0.29, 0.717) is 6.04 Å². The van der Waals surface area contributed by atoms with Crippen molar-refractivity contribution in [3.8, 4) is 0 Å². The first-order valence-electron chi connectivity index (χ1n) is 7.74. The number of halogens is 1. The van der Waals surface area contributed by atoms with Gasteiger partial charge in [0.1, 0.15) is 0 Å². The Labute approximate surface area is 132 Å². The quantitative estimate of drug-likeness (QED) is 0.692. The van der Waals surface area contributed by atoms with Crippen molar-refractivity contribution in [3.63, 3.8) is 0 Å². The van der Waals surface area contributed by atoms with E-state index in [2.05, 4.69) is 72.8 Å². The van der Waals surface area contributed by atoms with Crippen molar-refractivity contribution in [2.75, 3.05) is 6.54 Å². The van der Waals surface area contributed by atoms with Crippen molar-refractivity contribution in [2.24, 2.45) is 5.73 Å². The van der Waals surface area contributed by atoms with Gasteiger partial charge in [-0.2, -0.15) is 0 Å². The Bertz CT molecular complexity index is 390. The molecule has 0 aliphatic carbocycles. The Morgan fingerprint density at radius 3 is 2.30 bits per heavy atom. The van der Waals surface area contributed by atoms with E-state index in [9.17, 15) is 0 Å². The van der Waals surface area contributed by atoms with Crippen LogP contribution in [0.25, 0.3) is 0 Å². The molecule has 0 spiro atoms. The van der Waals surface area contributed by atoms with Gasteiger partial charge in [-0.05, 0) is 45.4 Å². The predicted molar refractivity (Wildman–Crippen MR) is 91.9 cm³/mol. The lowest BCUT2D eigenvalue weighted by molar-refractivity contribution is 0.132. The maximum absolute atomic E-state index is 6.32. The molecule has 1 aromatic carbocycles. The largest absolute Gasteiger partial charge is 0.326 e. The van der Waals surface area contributed by atoms with Gasteiger partial charge in [0, 0.05) is 16.6 Å². The van der Waals surface area contributed by atoms with Gasteiger partial charge in [-0.15, -0.1) is 0 Å². The molecule has 0 aromatic heterocycles. The van der Waals surface area contributed by atoms with Gasteiger partial charge in [0.15, 0.2) is 0 Å². The molecule has 2 unspecified atom stereocenters. The molecule has 0 saturated heterocycles. The van der Waals surface area contributed by atoms with E-state index < -0.39 is 0 Å². The zero-order chi connectivity index (χ0) is 15.1. The molecule has 114 valence electrons. The summed E-state index contributed by atoms with van der Waals surface area (Å²) in [6.45, 7) is 9.99. The molecule has 1 aromatic rings. The first kappa shape index (κ1) is 17.7. The van der Waals surface area contributed by atoms with Crippen LogP contribution < -0.4 is 5.73 Å². The summed E-state index contributed by atoms with van der Waals surface area (Å²) in [5.41, 5.74) is 7.62. The van der Waals surface area contributed by atoms with E-state index in [0.717, 1.165) is 11.0 Å². The second-order valence-corrected chi connectivity index (χ2v) is 6.72. The molecule has 3 heteroatoms. The molecule has 1 rings (SSSR count). The van der Waals surface area contributed by atoms with Crippen LogP contribution in [0.2, 0.25) is 0 Å². The number of rotatable bonds is 8. The highest BCUT2D eigenvalue weighted by Crippen LogP contribution is 2.31. The second kappa shape index (κ2) is 8.81. The number of hydrogen-bond donors (Lipinski definition) is 1. The number of nitrogens with zero attached hydrogens (tertiary/aromatic N) is 1. The highest BCUT2D eigenvalue weighted by Gasteiger charge is 2.27. The van der Waals surface area contributed by atoms with Gasteiger partial charge in [0.25, 0.3) is 0 Å². The van der Waals surface area contributed by atoms with Crippen molar-refractivity contribution in [1.82, 2.24) is 4.90 Å². The third-order valence-corrected chi connectivity index (χ3v) is 4.48. The second-order valence-electron chi connectivity index (χ2n) is 5.86. The van der Waals surface area contributed by atoms with E-state index >= 15 is 0 Å². The molecule has 0 radical (unpaired) electrons. The van der Waals surface area contributed by atoms with Crippen molar-refractivity contribution >= 4 is 15.9 Å². The first-order chi connectivity index (χ1) is 9.49. The molecule has 2 nitrogen and oxygen atoms in total. The lowest BCUT2D eigenvalue weighted by Gasteiger charge is -2.38. The predicted octanol–water partition coefficient (Wildman–Crippen LogP) is 4.74. The Hall–Kier alpha value is -0.380. The van der Waals surface area contributed by atoms with Crippen molar-refractivity contribution in [2.45, 2.75) is 65.1 Å². The maximum atomic E-state index is 6.32. The van der Waals surface area contributed by atoms with E-state index in [1.54, 1.807) is 0 Å². The fourth-order valence-corrected chi connectivity index (χ4v) is 3.26. The molecular weight excluding hydrogens is 312 g/mol. The number of unbranched alkanes of at least 4 members (excludes halogenated alkanes) is 2. The highest BCUT2D eigenvalue weighted by molar-refractivity contribution is 9.10. The molecule has 0 heterocycles. The van der Waals surface area contributed by atoms with E-state index in [1.165, 1.54) is 24.8 Å². The molecule has 20 heavy (non-hydrogen) atoms. The summed E-state index contributed by atoms with van der Waals surface area (Å²) in [6.07, 6.45) is 3.77. The van der Waals surface area contributed by atoms with Crippen molar-refractivity contribution < 1.29 is 0 Å². The van der Waals surface area contributed by atoms with Crippen LogP contribution in [-0.2, 0) is 0 Å². The molecule has 0 aliphatic heterocycles. The fourth-order valence-electron chi connectivity index (χ4n) is 2.74. The van der Waals surface area contributed by atoms with E-state index in [4.69, 9.17) is 5.73 Å². The lowest BCUT2D eigenvalue weighted by Crippen LogP contribution is -2.43. The minimum atomic E-state index is 0.109. The summed E-state index contributed by atoms with van der Waals surface area (Å²) in [7, 11) is 0. The van der Waals surface area contributed by atoms with Gasteiger partial charge >= 0.3 is 0 Å². The summed E-state index contributed by atoms with van der Waals surface area (Å²) < 4.78 is 1.16. The summed E-state index contributed by atoms with van der Waals surface area (Å²) in [6, 6.07) is 9.32. The van der Waals surface area contributed by atoms with Crippen LogP contribution in [0.1, 0.15) is 58.6 Å². The summed E-state index contributed by atoms with van der Waals surface area (Å²) >= 11 is 3.68. The average molecular weight is 341 g/mol. The standard InChI is InChI=1S/C17H29BrN2/c1-5-6-9-12-20(13(2)3)17(14(4)19)15-10-7-8-11-16(15)18/h7-8,10-11,13-14,17H,5-6,9,12,19H2,1-4H3. The van der Waals surface area contributed by atoms with Crippen LogP contribution in [0, 0.1) is 0 Å². The minimum Gasteiger partial charge on any atom is -0.326 e. The molecule has 0 saturated carbocycles. The fraction of sp³-hybridized carbons (Fsp3) is 0.647. The summed E-state index contributed by atoms with van der Waals surface area (Å²) in [4.78, 5) is 2.54. The summed E-state index contributed by atoms with van der Waals surface area (Å²) in [5, 5.41) is 0. The molecule has 0 amide bonds. The highest BCUT2D eigenvalue weighted by atomic mass is 79.9. The van der Waals surface area contributed by atoms with Crippen LogP contribution in [0.15, 0.2) is 28.7 Å². The number of hydrogen-bond acceptors (Lipinski definition) is 2. The van der Waals surface area contributed by atoms with Crippen molar-refractivity contribution in [3.05, 3.63) is 34.3 Å². The smallest absolute Gasteiger partial charge is 0.0510 e. The van der Waals surface area contributed by atoms with Gasteiger partial charge in [0.05, 0.1) is 6.04 Å². The summed E-state index contributed by atoms with van der Waals surface area (Å²) in [5.74, 6) is 0. The van der Waals surface area contributed by atoms with Crippen molar-refractivity contribution in [1.29, 1.82) is 0 Å². The number of nitrogens with two attached hydrogens (primary N) is 1. The molecule has 2 atom stereocenters. The van der Waals surface area contributed by atoms with Gasteiger partial charge in [-0.1, -0.05) is 53.9 Å². The molecular formula is C17H29BrN2.